The summed E-state index contributed by atoms with van der Waals surface area (Å²) < 4.78 is 5.26. The maximum atomic E-state index is 12.4. The molecule has 1 amide bonds. The number of hydrogen-bond donors (Lipinski definition) is 3. The third-order valence-corrected chi connectivity index (χ3v) is 6.82. The fourth-order valence-corrected chi connectivity index (χ4v) is 4.64. The van der Waals surface area contributed by atoms with Gasteiger partial charge < -0.3 is 14.7 Å². The second kappa shape index (κ2) is 8.41. The average Bonchev–Trinajstić information content (AvgIpc) is 3.29. The molecule has 7 rings (SSSR count). The van der Waals surface area contributed by atoms with Gasteiger partial charge in [0.1, 0.15) is 11.2 Å². The lowest BCUT2D eigenvalue weighted by Gasteiger charge is -2.10. The number of aryl methyl sites for hydroxylation is 1. The second-order valence-corrected chi connectivity index (χ2v) is 9.41. The third kappa shape index (κ3) is 3.85. The number of carbonyl (C=O) groups is 1. The molecular weight excluding hydrogens is 466 g/mol. The molecule has 1 fully saturated rings. The minimum Gasteiger partial charge on any atom is -0.472 e. The molecule has 3 N–H and O–H groups in total. The van der Waals surface area contributed by atoms with Crippen molar-refractivity contribution in [3.63, 3.8) is 0 Å². The van der Waals surface area contributed by atoms with Crippen LogP contribution >= 0.6 is 0 Å². The van der Waals surface area contributed by atoms with Crippen LogP contribution in [0.4, 0.5) is 5.69 Å². The van der Waals surface area contributed by atoms with Crippen molar-refractivity contribution in [2.75, 3.05) is 5.32 Å². The molecule has 5 heterocycles. The normalized spacial score (nSPS) is 13.4. The first kappa shape index (κ1) is 21.5. The minimum absolute atomic E-state index is 0.0964. The zero-order valence-electron chi connectivity index (χ0n) is 20.1. The van der Waals surface area contributed by atoms with Crippen LogP contribution in [0.1, 0.15) is 25.3 Å². The highest BCUT2D eigenvalue weighted by molar-refractivity contribution is 5.97. The predicted molar refractivity (Wildman–Crippen MR) is 141 cm³/mol. The molecule has 0 unspecified atom stereocenters. The number of hydrogen-bond acceptors (Lipinski definition) is 6. The van der Waals surface area contributed by atoms with E-state index >= 15 is 0 Å². The van der Waals surface area contributed by atoms with Gasteiger partial charge in [0.2, 0.25) is 5.91 Å². The average molecular weight is 490 g/mol. The standard InChI is InChI=1S/C28H23N7O2/c1-2-15-7-18(9-20(8-15)31-28(36)16-3-4-16)19-10-21-25(34-35-26(21)30-11-19)27-32-23-13-29-12-22(24(23)33-27)17-5-6-37-14-17/h5-14,16H,2-4H2,1H3,(H,31,36)(H,32,33)(H,30,34,35). The highest BCUT2D eigenvalue weighted by atomic mass is 16.3. The van der Waals surface area contributed by atoms with Gasteiger partial charge in [-0.25, -0.2) is 9.97 Å². The lowest BCUT2D eigenvalue weighted by Crippen LogP contribution is -2.13. The van der Waals surface area contributed by atoms with Crippen LogP contribution < -0.4 is 5.32 Å². The number of aromatic amines is 2. The molecule has 6 aromatic rings. The van der Waals surface area contributed by atoms with Crippen LogP contribution in [0.25, 0.3) is 55.8 Å². The van der Waals surface area contributed by atoms with Crippen LogP contribution in [-0.2, 0) is 11.2 Å². The van der Waals surface area contributed by atoms with Gasteiger partial charge in [0.05, 0.1) is 29.6 Å². The van der Waals surface area contributed by atoms with Crippen molar-refractivity contribution in [3.8, 4) is 33.8 Å². The summed E-state index contributed by atoms with van der Waals surface area (Å²) in [5.41, 5.74) is 8.63. The number of imidazole rings is 1. The highest BCUT2D eigenvalue weighted by Gasteiger charge is 2.29. The number of benzene rings is 1. The Hall–Kier alpha value is -4.79. The van der Waals surface area contributed by atoms with Crippen molar-refractivity contribution in [1.29, 1.82) is 0 Å². The Morgan fingerprint density at radius 2 is 2.03 bits per heavy atom. The molecule has 9 heteroatoms. The number of furan rings is 1. The summed E-state index contributed by atoms with van der Waals surface area (Å²) >= 11 is 0. The van der Waals surface area contributed by atoms with E-state index in [0.717, 1.165) is 74.9 Å². The summed E-state index contributed by atoms with van der Waals surface area (Å²) in [5, 5.41) is 11.4. The molecule has 1 aliphatic rings. The van der Waals surface area contributed by atoms with Crippen molar-refractivity contribution < 1.29 is 9.21 Å². The Bertz CT molecular complexity index is 1780. The SMILES string of the molecule is CCc1cc(NC(=O)C2CC2)cc(-c2cnc3n[nH]c(-c4nc5c(-c6ccoc6)cncc5[nH]4)c3c2)c1. The van der Waals surface area contributed by atoms with E-state index in [9.17, 15) is 4.79 Å². The zero-order chi connectivity index (χ0) is 24.9. The number of H-pyrrole nitrogens is 2. The number of pyridine rings is 2. The Morgan fingerprint density at radius 1 is 1.11 bits per heavy atom. The molecule has 0 spiro atoms. The second-order valence-electron chi connectivity index (χ2n) is 9.41. The van der Waals surface area contributed by atoms with E-state index in [4.69, 9.17) is 9.40 Å². The van der Waals surface area contributed by atoms with Gasteiger partial charge in [-0.3, -0.25) is 14.9 Å². The topological polar surface area (TPSA) is 125 Å². The fraction of sp³-hybridized carbons (Fsp3) is 0.179. The fourth-order valence-electron chi connectivity index (χ4n) is 4.64. The number of anilines is 1. The molecule has 5 aromatic heterocycles. The maximum Gasteiger partial charge on any atom is 0.227 e. The first-order valence-electron chi connectivity index (χ1n) is 12.3. The highest BCUT2D eigenvalue weighted by Crippen LogP contribution is 2.34. The van der Waals surface area contributed by atoms with Crippen LogP contribution in [0.5, 0.6) is 0 Å². The molecule has 0 bridgehead atoms. The summed E-state index contributed by atoms with van der Waals surface area (Å²) in [6.07, 6.45) is 11.5. The molecule has 182 valence electrons. The van der Waals surface area contributed by atoms with E-state index in [2.05, 4.69) is 49.5 Å². The van der Waals surface area contributed by atoms with Gasteiger partial charge >= 0.3 is 0 Å². The van der Waals surface area contributed by atoms with Gasteiger partial charge in [0.15, 0.2) is 11.5 Å². The van der Waals surface area contributed by atoms with E-state index < -0.39 is 0 Å². The van der Waals surface area contributed by atoms with Crippen molar-refractivity contribution in [3.05, 3.63) is 67.0 Å². The molecule has 0 radical (unpaired) electrons. The van der Waals surface area contributed by atoms with Gasteiger partial charge in [-0.1, -0.05) is 13.0 Å². The Labute approximate surface area is 211 Å². The summed E-state index contributed by atoms with van der Waals surface area (Å²) in [6, 6.07) is 10.1. The molecule has 1 aliphatic carbocycles. The third-order valence-electron chi connectivity index (χ3n) is 6.82. The largest absolute Gasteiger partial charge is 0.472 e. The van der Waals surface area contributed by atoms with Crippen LogP contribution in [0.3, 0.4) is 0 Å². The van der Waals surface area contributed by atoms with Crippen molar-refractivity contribution in [2.45, 2.75) is 26.2 Å². The molecule has 0 saturated heterocycles. The molecule has 0 aliphatic heterocycles. The Kier molecular flexibility index (Phi) is 4.88. The monoisotopic (exact) mass is 489 g/mol. The number of nitrogens with one attached hydrogen (secondary N) is 3. The van der Waals surface area contributed by atoms with E-state index in [-0.39, 0.29) is 11.8 Å². The number of aromatic nitrogens is 6. The molecular formula is C28H23N7O2. The minimum atomic E-state index is 0.0964. The molecule has 37 heavy (non-hydrogen) atoms. The molecule has 1 aromatic carbocycles. The van der Waals surface area contributed by atoms with E-state index in [1.807, 2.05) is 24.4 Å². The number of fused-ring (bicyclic) bond motifs is 2. The van der Waals surface area contributed by atoms with E-state index in [0.29, 0.717) is 11.5 Å². The lowest BCUT2D eigenvalue weighted by molar-refractivity contribution is -0.117. The lowest BCUT2D eigenvalue weighted by atomic mass is 10.0. The first-order valence-corrected chi connectivity index (χ1v) is 12.3. The van der Waals surface area contributed by atoms with Gasteiger partial charge in [-0.15, -0.1) is 0 Å². The Balaban J connectivity index is 1.31. The summed E-state index contributed by atoms with van der Waals surface area (Å²) in [6.45, 7) is 2.11. The number of carbonyl (C=O) groups excluding carboxylic acids is 1. The summed E-state index contributed by atoms with van der Waals surface area (Å²) in [7, 11) is 0. The quantitative estimate of drug-likeness (QED) is 0.274. The van der Waals surface area contributed by atoms with Crippen LogP contribution in [0, 0.1) is 5.92 Å². The number of amides is 1. The van der Waals surface area contributed by atoms with Crippen molar-refractivity contribution in [2.24, 2.45) is 5.92 Å². The zero-order valence-corrected chi connectivity index (χ0v) is 20.1. The van der Waals surface area contributed by atoms with Gasteiger partial charge in [-0.05, 0) is 54.7 Å². The smallest absolute Gasteiger partial charge is 0.227 e. The van der Waals surface area contributed by atoms with Crippen LogP contribution in [0.2, 0.25) is 0 Å². The van der Waals surface area contributed by atoms with Crippen molar-refractivity contribution in [1.82, 2.24) is 30.1 Å². The maximum absolute atomic E-state index is 12.4. The van der Waals surface area contributed by atoms with E-state index in [1.54, 1.807) is 24.9 Å². The number of rotatable bonds is 6. The molecule has 9 nitrogen and oxygen atoms in total. The summed E-state index contributed by atoms with van der Waals surface area (Å²) in [4.78, 5) is 29.6. The van der Waals surface area contributed by atoms with E-state index in [1.165, 1.54) is 0 Å². The Morgan fingerprint density at radius 3 is 2.84 bits per heavy atom. The van der Waals surface area contributed by atoms with Crippen LogP contribution in [0.15, 0.2) is 65.9 Å². The van der Waals surface area contributed by atoms with Crippen molar-refractivity contribution >= 4 is 33.7 Å². The molecule has 1 saturated carbocycles. The predicted octanol–water partition coefficient (Wildman–Crippen LogP) is 5.73. The number of nitrogens with zero attached hydrogens (tertiary/aromatic N) is 4. The summed E-state index contributed by atoms with van der Waals surface area (Å²) in [5.74, 6) is 0.890. The van der Waals surface area contributed by atoms with Gasteiger partial charge in [-0.2, -0.15) is 5.10 Å². The molecule has 0 atom stereocenters. The van der Waals surface area contributed by atoms with Crippen LogP contribution in [-0.4, -0.2) is 36.0 Å². The van der Waals surface area contributed by atoms with Gasteiger partial charge in [0, 0.05) is 40.7 Å². The van der Waals surface area contributed by atoms with Gasteiger partial charge in [0.25, 0.3) is 0 Å². The first-order chi connectivity index (χ1) is 18.2.